The molecule has 11 aromatic carbocycles. The van der Waals surface area contributed by atoms with Crippen LogP contribution in [-0.4, -0.2) is 22.0 Å². The van der Waals surface area contributed by atoms with Crippen molar-refractivity contribution in [2.45, 2.75) is 128 Å². The van der Waals surface area contributed by atoms with E-state index in [9.17, 15) is 22.0 Å². The summed E-state index contributed by atoms with van der Waals surface area (Å²) in [6.07, 6.45) is 30.5. The van der Waals surface area contributed by atoms with Gasteiger partial charge in [0.05, 0.1) is 29.5 Å². The number of hydrogen-bond donors (Lipinski definition) is 0. The molecule has 0 radical (unpaired) electrons. The summed E-state index contributed by atoms with van der Waals surface area (Å²) in [5.74, 6) is -9.58. The molecule has 0 spiro atoms. The summed E-state index contributed by atoms with van der Waals surface area (Å²) >= 11 is 5.61. The normalized spacial score (nSPS) is 13.6. The Kier molecular flexibility index (Phi) is 35.2. The van der Waals surface area contributed by atoms with E-state index in [2.05, 4.69) is 258 Å². The fraction of sp³-hybridized carbons (Fsp3) is 0.183. The van der Waals surface area contributed by atoms with Crippen molar-refractivity contribution in [2.75, 3.05) is 0 Å². The molecule has 0 bridgehead atoms. The molecule has 0 amide bonds. The van der Waals surface area contributed by atoms with Crippen molar-refractivity contribution < 1.29 is 35.2 Å². The zero-order chi connectivity index (χ0) is 85.3. The molecule has 7 aromatic heterocycles. The quantitative estimate of drug-likeness (QED) is 0.0372. The Morgan fingerprint density at radius 3 is 0.874 bits per heavy atom. The van der Waals surface area contributed by atoms with Crippen LogP contribution in [0.5, 0.6) is 0 Å². The minimum atomic E-state index is -2.15. The van der Waals surface area contributed by atoms with Gasteiger partial charge in [0.25, 0.3) is 0 Å². The van der Waals surface area contributed by atoms with E-state index < -0.39 is 66.1 Å². The summed E-state index contributed by atoms with van der Waals surface area (Å²) in [7, 11) is -3.96. The minimum Gasteiger partial charge on any atom is -0.464 e. The zero-order valence-electron chi connectivity index (χ0n) is 69.2. The van der Waals surface area contributed by atoms with Crippen LogP contribution in [0.4, 0.5) is 22.0 Å². The number of nitrogens with zero attached hydrogens (tertiary/aromatic N) is 1. The van der Waals surface area contributed by atoms with Crippen LogP contribution in [0.25, 0.3) is 32.3 Å². The highest BCUT2D eigenvalue weighted by molar-refractivity contribution is 7.90. The molecule has 3 aliphatic carbocycles. The molecule has 127 heavy (non-hydrogen) atoms. The first kappa shape index (κ1) is 93.7. The molecule has 0 saturated heterocycles. The second-order valence-corrected chi connectivity index (χ2v) is 48.0. The van der Waals surface area contributed by atoms with Gasteiger partial charge in [-0.1, -0.05) is 354 Å². The number of furan rings is 3. The molecule has 0 unspecified atom stereocenters. The average molecular weight is 1850 g/mol. The standard InChI is InChI=1S/C30H21P.C18H10F5P.C18H33P.C17H14NP.C12H9O3P.C12H9PS3.2CH4/c1-4-16-25-22(10-1)13-7-19-28(25)31(29-20-8-14-23-11-2-5-17-26(23)29)30-21-9-15-24-12-3-6-18-27(24)30;19-13-14(20)16(22)18(17(23)15(13)21)24(11-7-3-1-4-8-11)12-9-5-2-6-10-12;1-4-10-16(11-5-1)19(17-12-6-2-7-13-17)18-14-8-3-9-15-18;1-3-9-15(10-4-1)19(16-11-5-2-6-12-16)17-13-7-8-14-18-17;1-4-10(13-7-1)16(11-5-2-8-14-11)12-6-3-9-15-12;1-4-10(14-7-1)13(11-5-2-8-15-11)12-6-3-9-16-12;;/h1-21H;1-10H;16-18H,1-15H2;1-14H;2*1-9H;2*1H4. The second kappa shape index (κ2) is 47.7. The van der Waals surface area contributed by atoms with Gasteiger partial charge in [0.1, 0.15) is 24.4 Å². The predicted octanol–water partition coefficient (Wildman–Crippen LogP) is 27.5. The average Bonchev–Trinajstić information content (AvgIpc) is 1.26. The third kappa shape index (κ3) is 23.4. The van der Waals surface area contributed by atoms with E-state index in [1.165, 1.54) is 109 Å². The maximum Gasteiger partial charge on any atom is 0.200 e. The lowest BCUT2D eigenvalue weighted by atomic mass is 9.99. The first-order chi connectivity index (χ1) is 61.7. The van der Waals surface area contributed by atoms with Gasteiger partial charge < -0.3 is 13.3 Å². The van der Waals surface area contributed by atoms with Crippen LogP contribution in [0.15, 0.2) is 394 Å². The summed E-state index contributed by atoms with van der Waals surface area (Å²) < 4.78 is 90.1. The molecule has 18 heteroatoms. The number of hydrogen-bond acceptors (Lipinski definition) is 7. The number of halogens is 5. The van der Waals surface area contributed by atoms with Gasteiger partial charge in [-0.15, -0.1) is 34.0 Å². The fourth-order valence-corrected chi connectivity index (χ4v) is 37.8. The summed E-state index contributed by atoms with van der Waals surface area (Å²) in [5, 5.41) is 21.6. The molecule has 0 aliphatic heterocycles. The molecule has 3 fully saturated rings. The Bertz CT molecular complexity index is 5560. The van der Waals surface area contributed by atoms with Gasteiger partial charge in [-0.3, -0.25) is 4.98 Å². The summed E-state index contributed by atoms with van der Waals surface area (Å²) in [6.45, 7) is 0. The third-order valence-corrected chi connectivity index (χ3v) is 42.7. The van der Waals surface area contributed by atoms with E-state index in [1.807, 2.05) is 82.7 Å². The predicted molar refractivity (Wildman–Crippen MR) is 547 cm³/mol. The van der Waals surface area contributed by atoms with Gasteiger partial charge in [-0.05, 0) is 224 Å². The van der Waals surface area contributed by atoms with E-state index in [4.69, 9.17) is 13.3 Å². The van der Waals surface area contributed by atoms with Crippen LogP contribution in [-0.2, 0) is 0 Å². The molecular formula is C109H104F5NO3P6S3. The van der Waals surface area contributed by atoms with Gasteiger partial charge in [0, 0.05) is 35.9 Å². The van der Waals surface area contributed by atoms with Crippen molar-refractivity contribution in [3.05, 3.63) is 410 Å². The topological polar surface area (TPSA) is 52.3 Å². The van der Waals surface area contributed by atoms with Gasteiger partial charge in [-0.25, -0.2) is 22.0 Å². The van der Waals surface area contributed by atoms with Crippen molar-refractivity contribution in [3.8, 4) is 0 Å². The Morgan fingerprint density at radius 1 is 0.260 bits per heavy atom. The second-order valence-electron chi connectivity index (χ2n) is 30.7. The van der Waals surface area contributed by atoms with E-state index in [1.54, 1.807) is 157 Å². The molecule has 21 rings (SSSR count). The summed E-state index contributed by atoms with van der Waals surface area (Å²) in [5.41, 5.74) is 7.34. The first-order valence-electron chi connectivity index (χ1n) is 42.8. The summed E-state index contributed by atoms with van der Waals surface area (Å²) in [4.78, 5) is 4.56. The van der Waals surface area contributed by atoms with E-state index >= 15 is 0 Å². The van der Waals surface area contributed by atoms with Crippen LogP contribution in [0, 0.1) is 29.1 Å². The van der Waals surface area contributed by atoms with Crippen molar-refractivity contribution in [3.63, 3.8) is 0 Å². The van der Waals surface area contributed by atoms with Gasteiger partial charge >= 0.3 is 0 Å². The van der Waals surface area contributed by atoms with Crippen LogP contribution >= 0.6 is 81.5 Å². The molecule has 646 valence electrons. The first-order valence-corrected chi connectivity index (χ1v) is 53.7. The lowest BCUT2D eigenvalue weighted by Crippen LogP contribution is -2.28. The molecule has 18 aromatic rings. The van der Waals surface area contributed by atoms with Crippen LogP contribution in [0.3, 0.4) is 0 Å². The van der Waals surface area contributed by atoms with Crippen molar-refractivity contribution in [2.24, 2.45) is 0 Å². The number of pyridine rings is 1. The SMILES string of the molecule is C.C.C1CCC(P(C2CCCCC2)C2CCCCC2)CC1.Fc1c(F)c(F)c(P(c2ccccc2)c2ccccc2)c(F)c1F.c1ccc(P(c2ccccc2)c2ccccn2)cc1.c1ccc2c(P(c3cccc4ccccc34)c3cccc4ccccc34)cccc2c1.c1coc(P(c2ccco2)c2ccco2)c1.c1csc(P(c2cccs2)c2cccs2)c1. The number of aromatic nitrogens is 1. The van der Waals surface area contributed by atoms with Crippen LogP contribution in [0.1, 0.15) is 111 Å². The number of thiophene rings is 3. The molecule has 0 N–H and O–H groups in total. The molecule has 3 aliphatic rings. The van der Waals surface area contributed by atoms with Crippen LogP contribution in [0.2, 0.25) is 0 Å². The van der Waals surface area contributed by atoms with E-state index in [0.29, 0.717) is 18.5 Å². The highest BCUT2D eigenvalue weighted by Crippen LogP contribution is 2.62. The number of fused-ring (bicyclic) bond motifs is 3. The monoisotopic (exact) mass is 1850 g/mol. The lowest BCUT2D eigenvalue weighted by molar-refractivity contribution is 0.384. The summed E-state index contributed by atoms with van der Waals surface area (Å²) in [6, 6.07) is 115. The number of rotatable bonds is 18. The van der Waals surface area contributed by atoms with Crippen molar-refractivity contribution in [1.29, 1.82) is 0 Å². The molecule has 0 atom stereocenters. The maximum atomic E-state index is 14.3. The lowest BCUT2D eigenvalue weighted by Gasteiger charge is -2.44. The van der Waals surface area contributed by atoms with Crippen molar-refractivity contribution in [1.82, 2.24) is 4.98 Å². The Morgan fingerprint density at radius 2 is 0.567 bits per heavy atom. The van der Waals surface area contributed by atoms with Crippen molar-refractivity contribution >= 4 is 192 Å². The minimum absolute atomic E-state index is 0. The Balaban J connectivity index is 0.000000125. The zero-order valence-corrected chi connectivity index (χ0v) is 77.0. The van der Waals surface area contributed by atoms with Crippen LogP contribution < -0.4 is 78.2 Å². The third-order valence-electron chi connectivity index (χ3n) is 22.7. The molecule has 3 saturated carbocycles. The van der Waals surface area contributed by atoms with Gasteiger partial charge in [0.15, 0.2) is 23.3 Å². The highest BCUT2D eigenvalue weighted by atomic mass is 32.1. The Hall–Kier alpha value is -9.48. The molecular weight excluding hydrogens is 1750 g/mol. The maximum absolute atomic E-state index is 14.3. The fourth-order valence-electron chi connectivity index (χ4n) is 17.1. The number of benzene rings is 11. The molecule has 7 heterocycles. The smallest absolute Gasteiger partial charge is 0.200 e. The Labute approximate surface area is 764 Å². The van der Waals surface area contributed by atoms with Gasteiger partial charge in [-0.2, -0.15) is 0 Å². The molecule has 4 nitrogen and oxygen atoms in total. The largest absolute Gasteiger partial charge is 0.464 e. The van der Waals surface area contributed by atoms with Gasteiger partial charge in [0.2, 0.25) is 5.82 Å². The van der Waals surface area contributed by atoms with E-state index in [-0.39, 0.29) is 22.8 Å². The highest BCUT2D eigenvalue weighted by Gasteiger charge is 2.38. The van der Waals surface area contributed by atoms with E-state index in [0.717, 1.165) is 21.9 Å².